The summed E-state index contributed by atoms with van der Waals surface area (Å²) in [5.74, 6) is -0.261. The number of nitrogens with one attached hydrogen (secondary N) is 1. The lowest BCUT2D eigenvalue weighted by Gasteiger charge is -2.25. The summed E-state index contributed by atoms with van der Waals surface area (Å²) in [6.45, 7) is 0.563. The Labute approximate surface area is 205 Å². The Morgan fingerprint density at radius 3 is 2.11 bits per heavy atom. The van der Waals surface area contributed by atoms with Gasteiger partial charge in [-0.2, -0.15) is 0 Å². The zero-order valence-corrected chi connectivity index (χ0v) is 19.4. The molecule has 0 aliphatic heterocycles. The van der Waals surface area contributed by atoms with Gasteiger partial charge in [0.25, 0.3) is 5.91 Å². The van der Waals surface area contributed by atoms with Crippen molar-refractivity contribution < 1.29 is 9.59 Å². The molecule has 0 aliphatic rings. The van der Waals surface area contributed by atoms with Gasteiger partial charge in [0.2, 0.25) is 5.91 Å². The van der Waals surface area contributed by atoms with Crippen molar-refractivity contribution in [3.05, 3.63) is 126 Å². The SMILES string of the molecule is NC(CC(=O)N(CCc1ccccc1)c1ccccc1)c1ccc(C(=O)Nc2ccncc2)cc1. The normalized spacial score (nSPS) is 11.5. The van der Waals surface area contributed by atoms with Crippen molar-refractivity contribution in [2.24, 2.45) is 5.73 Å². The van der Waals surface area contributed by atoms with Crippen LogP contribution in [0, 0.1) is 0 Å². The molecule has 3 N–H and O–H groups in total. The highest BCUT2D eigenvalue weighted by molar-refractivity contribution is 6.04. The standard InChI is InChI=1S/C29H28N4O2/c30-27(23-11-13-24(14-12-23)29(35)32-25-15-18-31-19-16-25)21-28(34)33(26-9-5-2-6-10-26)20-17-22-7-3-1-4-8-22/h1-16,18-19,27H,17,20-21,30H2,(H,31,32,35). The first-order valence-corrected chi connectivity index (χ1v) is 11.6. The summed E-state index contributed by atoms with van der Waals surface area (Å²) in [6, 6.07) is 29.8. The number of para-hydroxylation sites is 1. The van der Waals surface area contributed by atoms with Gasteiger partial charge in [-0.3, -0.25) is 14.6 Å². The highest BCUT2D eigenvalue weighted by Crippen LogP contribution is 2.21. The fourth-order valence-electron chi connectivity index (χ4n) is 3.83. The van der Waals surface area contributed by atoms with Gasteiger partial charge >= 0.3 is 0 Å². The Bertz CT molecular complexity index is 1230. The van der Waals surface area contributed by atoms with E-state index < -0.39 is 6.04 Å². The van der Waals surface area contributed by atoms with Crippen molar-refractivity contribution in [2.45, 2.75) is 18.9 Å². The third kappa shape index (κ3) is 6.62. The van der Waals surface area contributed by atoms with Crippen LogP contribution < -0.4 is 16.0 Å². The number of carbonyl (C=O) groups is 2. The Morgan fingerprint density at radius 2 is 1.46 bits per heavy atom. The molecule has 0 aliphatic carbocycles. The van der Waals surface area contributed by atoms with Crippen molar-refractivity contribution in [2.75, 3.05) is 16.8 Å². The van der Waals surface area contributed by atoms with Gasteiger partial charge in [0, 0.05) is 48.3 Å². The van der Waals surface area contributed by atoms with E-state index >= 15 is 0 Å². The van der Waals surface area contributed by atoms with Crippen LogP contribution in [0.4, 0.5) is 11.4 Å². The Balaban J connectivity index is 1.41. The van der Waals surface area contributed by atoms with E-state index in [1.165, 1.54) is 5.56 Å². The maximum atomic E-state index is 13.3. The van der Waals surface area contributed by atoms with Crippen molar-refractivity contribution >= 4 is 23.2 Å². The van der Waals surface area contributed by atoms with Crippen molar-refractivity contribution in [1.82, 2.24) is 4.98 Å². The molecule has 0 saturated carbocycles. The predicted molar refractivity (Wildman–Crippen MR) is 139 cm³/mol. The zero-order valence-electron chi connectivity index (χ0n) is 19.4. The number of benzene rings is 3. The average molecular weight is 465 g/mol. The number of aromatic nitrogens is 1. The molecule has 0 radical (unpaired) electrons. The molecule has 35 heavy (non-hydrogen) atoms. The van der Waals surface area contributed by atoms with Crippen LogP contribution in [0.25, 0.3) is 0 Å². The van der Waals surface area contributed by atoms with Gasteiger partial charge < -0.3 is 16.0 Å². The largest absolute Gasteiger partial charge is 0.324 e. The van der Waals surface area contributed by atoms with E-state index in [-0.39, 0.29) is 18.2 Å². The van der Waals surface area contributed by atoms with Gasteiger partial charge in [0.1, 0.15) is 0 Å². The number of nitrogens with two attached hydrogens (primary N) is 1. The monoisotopic (exact) mass is 464 g/mol. The minimum atomic E-state index is -0.484. The van der Waals surface area contributed by atoms with E-state index in [0.29, 0.717) is 17.8 Å². The molecule has 6 heteroatoms. The molecule has 176 valence electrons. The zero-order chi connectivity index (χ0) is 24.5. The summed E-state index contributed by atoms with van der Waals surface area (Å²) in [6.07, 6.45) is 4.14. The lowest BCUT2D eigenvalue weighted by Crippen LogP contribution is -2.35. The Hall–Kier alpha value is -4.29. The number of hydrogen-bond donors (Lipinski definition) is 2. The number of amides is 2. The van der Waals surface area contributed by atoms with E-state index in [2.05, 4.69) is 22.4 Å². The minimum Gasteiger partial charge on any atom is -0.324 e. The molecule has 0 spiro atoms. The molecule has 4 aromatic rings. The van der Waals surface area contributed by atoms with Gasteiger partial charge in [-0.25, -0.2) is 0 Å². The molecule has 6 nitrogen and oxygen atoms in total. The molecule has 0 fully saturated rings. The number of pyridine rings is 1. The fraction of sp³-hybridized carbons (Fsp3) is 0.138. The van der Waals surface area contributed by atoms with Crippen LogP contribution in [-0.4, -0.2) is 23.3 Å². The molecule has 1 heterocycles. The summed E-state index contributed by atoms with van der Waals surface area (Å²) >= 11 is 0. The summed E-state index contributed by atoms with van der Waals surface area (Å²) in [5, 5.41) is 2.83. The van der Waals surface area contributed by atoms with E-state index in [4.69, 9.17) is 5.73 Å². The van der Waals surface area contributed by atoms with E-state index in [1.54, 1.807) is 53.7 Å². The van der Waals surface area contributed by atoms with Gasteiger partial charge in [-0.15, -0.1) is 0 Å². The Kier molecular flexibility index (Phi) is 7.99. The maximum Gasteiger partial charge on any atom is 0.255 e. The van der Waals surface area contributed by atoms with Crippen LogP contribution >= 0.6 is 0 Å². The van der Waals surface area contributed by atoms with Crippen LogP contribution in [0.1, 0.15) is 33.9 Å². The summed E-state index contributed by atoms with van der Waals surface area (Å²) in [5.41, 5.74) is 10.4. The maximum absolute atomic E-state index is 13.3. The molecular weight excluding hydrogens is 436 g/mol. The first-order chi connectivity index (χ1) is 17.1. The molecule has 3 aromatic carbocycles. The number of rotatable bonds is 9. The summed E-state index contributed by atoms with van der Waals surface area (Å²) in [7, 11) is 0. The summed E-state index contributed by atoms with van der Waals surface area (Å²) in [4.78, 5) is 31.5. The molecule has 0 bridgehead atoms. The van der Waals surface area contributed by atoms with Crippen LogP contribution in [0.3, 0.4) is 0 Å². The third-order valence-corrected chi connectivity index (χ3v) is 5.77. The van der Waals surface area contributed by atoms with Crippen molar-refractivity contribution in [3.63, 3.8) is 0 Å². The fourth-order valence-corrected chi connectivity index (χ4v) is 3.83. The molecule has 1 atom stereocenters. The highest BCUT2D eigenvalue weighted by Gasteiger charge is 2.20. The molecular formula is C29H28N4O2. The second kappa shape index (κ2) is 11.7. The van der Waals surface area contributed by atoms with E-state index in [1.807, 2.05) is 48.5 Å². The van der Waals surface area contributed by atoms with Crippen molar-refractivity contribution in [1.29, 1.82) is 0 Å². The molecule has 4 rings (SSSR count). The minimum absolute atomic E-state index is 0.0425. The molecule has 1 aromatic heterocycles. The second-order valence-corrected chi connectivity index (χ2v) is 8.24. The second-order valence-electron chi connectivity index (χ2n) is 8.24. The average Bonchev–Trinajstić information content (AvgIpc) is 2.90. The first kappa shape index (κ1) is 23.9. The van der Waals surface area contributed by atoms with Gasteiger partial charge in [-0.05, 0) is 53.9 Å². The smallest absolute Gasteiger partial charge is 0.255 e. The quantitative estimate of drug-likeness (QED) is 0.365. The number of nitrogens with zero attached hydrogens (tertiary/aromatic N) is 2. The number of carbonyl (C=O) groups excluding carboxylic acids is 2. The topological polar surface area (TPSA) is 88.3 Å². The first-order valence-electron chi connectivity index (χ1n) is 11.6. The van der Waals surface area contributed by atoms with Crippen LogP contribution in [0.5, 0.6) is 0 Å². The number of hydrogen-bond acceptors (Lipinski definition) is 4. The van der Waals surface area contributed by atoms with Crippen molar-refractivity contribution in [3.8, 4) is 0 Å². The van der Waals surface area contributed by atoms with Gasteiger partial charge in [-0.1, -0.05) is 60.7 Å². The lowest BCUT2D eigenvalue weighted by atomic mass is 10.0. The van der Waals surface area contributed by atoms with Gasteiger partial charge in [0.05, 0.1) is 0 Å². The molecule has 1 unspecified atom stereocenters. The third-order valence-electron chi connectivity index (χ3n) is 5.77. The van der Waals surface area contributed by atoms with Crippen LogP contribution in [0.15, 0.2) is 109 Å². The number of anilines is 2. The van der Waals surface area contributed by atoms with E-state index in [9.17, 15) is 9.59 Å². The molecule has 2 amide bonds. The van der Waals surface area contributed by atoms with Gasteiger partial charge in [0.15, 0.2) is 0 Å². The Morgan fingerprint density at radius 1 is 0.829 bits per heavy atom. The lowest BCUT2D eigenvalue weighted by molar-refractivity contribution is -0.119. The highest BCUT2D eigenvalue weighted by atomic mass is 16.2. The predicted octanol–water partition coefficient (Wildman–Crippen LogP) is 5.00. The summed E-state index contributed by atoms with van der Waals surface area (Å²) < 4.78 is 0. The van der Waals surface area contributed by atoms with E-state index in [0.717, 1.165) is 17.7 Å². The van der Waals surface area contributed by atoms with Crippen LogP contribution in [0.2, 0.25) is 0 Å². The molecule has 0 saturated heterocycles. The van der Waals surface area contributed by atoms with Crippen LogP contribution in [-0.2, 0) is 11.2 Å².